The Balaban J connectivity index is 0.000000811. The summed E-state index contributed by atoms with van der Waals surface area (Å²) < 4.78 is 5.30. The molecule has 0 aromatic heterocycles. The van der Waals surface area contributed by atoms with Crippen LogP contribution in [0.5, 0.6) is 5.75 Å². The molecule has 0 aliphatic heterocycles. The molecule has 0 radical (unpaired) electrons. The molecule has 0 heterocycles. The van der Waals surface area contributed by atoms with Crippen LogP contribution in [0.4, 0.5) is 0 Å². The number of halogens is 1. The minimum atomic E-state index is 0. The fourth-order valence-electron chi connectivity index (χ4n) is 1.50. The molecule has 88 valence electrons. The fraction of sp³-hybridized carbons (Fsp3) is 0.0769. The van der Waals surface area contributed by atoms with Gasteiger partial charge in [0.15, 0.2) is 0 Å². The van der Waals surface area contributed by atoms with Gasteiger partial charge in [0.25, 0.3) is 0 Å². The quantitative estimate of drug-likeness (QED) is 0.668. The lowest BCUT2D eigenvalue weighted by Gasteiger charge is -2.07. The summed E-state index contributed by atoms with van der Waals surface area (Å²) in [5.41, 5.74) is 2.32. The molecule has 0 saturated heterocycles. The van der Waals surface area contributed by atoms with Gasteiger partial charge in [0.2, 0.25) is 5.39 Å². The van der Waals surface area contributed by atoms with Crippen LogP contribution in [0.25, 0.3) is 11.1 Å². The molecule has 0 aliphatic rings. The van der Waals surface area contributed by atoms with Gasteiger partial charge in [-0.15, -0.1) is 0 Å². The Morgan fingerprint density at radius 2 is 1.41 bits per heavy atom. The Morgan fingerprint density at radius 1 is 0.882 bits per heavy atom. The number of nitrogens with one attached hydrogen (secondary N) is 1. The third-order valence-corrected chi connectivity index (χ3v) is 2.19. The molecule has 0 unspecified atom stereocenters. The zero-order valence-corrected chi connectivity index (χ0v) is 10.2. The number of nitrogens with zero attached hydrogens (tertiary/aromatic N) is 1. The van der Waals surface area contributed by atoms with Crippen LogP contribution in [-0.2, 0) is 0 Å². The summed E-state index contributed by atoms with van der Waals surface area (Å²) in [4.78, 5) is 0. The number of methoxy groups -OCH3 is 1. The summed E-state index contributed by atoms with van der Waals surface area (Å²) in [7, 11) is 1.70. The lowest BCUT2D eigenvalue weighted by molar-refractivity contribution is -0.175. The minimum Gasteiger partial charge on any atom is -1.00 e. The van der Waals surface area contributed by atoms with Crippen molar-refractivity contribution in [1.29, 1.82) is 5.39 Å². The highest BCUT2D eigenvalue weighted by Gasteiger charge is 2.02. The third-order valence-electron chi connectivity index (χ3n) is 2.19. The van der Waals surface area contributed by atoms with Crippen LogP contribution in [0, 0.1) is 5.39 Å². The van der Waals surface area contributed by atoms with Crippen molar-refractivity contribution in [2.75, 3.05) is 7.11 Å². The Kier molecular flexibility index (Phi) is 7.16. The monoisotopic (exact) mass is 248 g/mol. The standard InChI is InChI=1S/C13H12O.ClH.N2/c1-14-13-10-6-5-9-12(13)11-7-3-2-4-8-11;;1-2/h2-10H,1H3;1H;. The molecule has 0 fully saturated rings. The van der Waals surface area contributed by atoms with Gasteiger partial charge in [-0.1, -0.05) is 48.5 Å². The summed E-state index contributed by atoms with van der Waals surface area (Å²) in [5, 5.41) is 11.0. The first-order valence-electron chi connectivity index (χ1n) is 4.82. The lowest BCUT2D eigenvalue weighted by atomic mass is 10.1. The van der Waals surface area contributed by atoms with Crippen LogP contribution in [0.3, 0.4) is 0 Å². The molecule has 0 atom stereocenters. The van der Waals surface area contributed by atoms with E-state index in [4.69, 9.17) is 15.5 Å². The molecular formula is C13H13ClN2O. The van der Waals surface area contributed by atoms with Crippen LogP contribution in [0.1, 0.15) is 0 Å². The van der Waals surface area contributed by atoms with Crippen molar-refractivity contribution in [2.24, 2.45) is 0 Å². The third kappa shape index (κ3) is 3.78. The normalized spacial score (nSPS) is 8.18. The number of rotatable bonds is 2. The van der Waals surface area contributed by atoms with E-state index in [9.17, 15) is 0 Å². The van der Waals surface area contributed by atoms with Gasteiger partial charge in [0.1, 0.15) is 5.75 Å². The second-order valence-electron chi connectivity index (χ2n) is 3.07. The van der Waals surface area contributed by atoms with Crippen molar-refractivity contribution in [2.45, 2.75) is 0 Å². The molecule has 2 aromatic carbocycles. The first-order valence-corrected chi connectivity index (χ1v) is 4.82. The van der Waals surface area contributed by atoms with Crippen molar-refractivity contribution >= 4 is 0 Å². The first-order chi connectivity index (χ1) is 7.92. The van der Waals surface area contributed by atoms with E-state index >= 15 is 0 Å². The number of hydrogen-bond donors (Lipinski definition) is 1. The number of ether oxygens (including phenoxy) is 1. The van der Waals surface area contributed by atoms with E-state index in [1.807, 2.05) is 36.4 Å². The first kappa shape index (κ1) is 14.9. The van der Waals surface area contributed by atoms with Gasteiger partial charge in [-0.05, 0) is 11.6 Å². The van der Waals surface area contributed by atoms with Crippen molar-refractivity contribution < 1.29 is 22.5 Å². The van der Waals surface area contributed by atoms with Gasteiger partial charge < -0.3 is 17.1 Å². The molecule has 0 aliphatic carbocycles. The molecule has 2 aromatic rings. The zero-order valence-electron chi connectivity index (χ0n) is 9.43. The molecule has 3 nitrogen and oxygen atoms in total. The average Bonchev–Trinajstić information content (AvgIpc) is 2.42. The Hall–Kier alpha value is -2.05. The van der Waals surface area contributed by atoms with Crippen molar-refractivity contribution in [3.05, 3.63) is 54.6 Å². The topological polar surface area (TPSA) is 56.8 Å². The van der Waals surface area contributed by atoms with E-state index in [0.29, 0.717) is 0 Å². The van der Waals surface area contributed by atoms with E-state index in [-0.39, 0.29) is 12.4 Å². The van der Waals surface area contributed by atoms with E-state index in [1.165, 1.54) is 5.56 Å². The van der Waals surface area contributed by atoms with Gasteiger partial charge in [0.05, 0.1) is 12.5 Å². The van der Waals surface area contributed by atoms with Gasteiger partial charge in [-0.25, -0.2) is 0 Å². The van der Waals surface area contributed by atoms with Crippen molar-refractivity contribution in [3.8, 4) is 16.9 Å². The molecule has 0 bridgehead atoms. The van der Waals surface area contributed by atoms with Crippen molar-refractivity contribution in [3.63, 3.8) is 0 Å². The molecule has 4 heteroatoms. The van der Waals surface area contributed by atoms with Gasteiger partial charge in [-0.2, -0.15) is 0 Å². The van der Waals surface area contributed by atoms with Crippen LogP contribution in [0.2, 0.25) is 0 Å². The molecular weight excluding hydrogens is 236 g/mol. The predicted octanol–water partition coefficient (Wildman–Crippen LogP) is -1.35. The summed E-state index contributed by atoms with van der Waals surface area (Å²) in [6.07, 6.45) is 0. The summed E-state index contributed by atoms with van der Waals surface area (Å²) in [6, 6.07) is 18.3. The Morgan fingerprint density at radius 3 is 2.00 bits per heavy atom. The van der Waals surface area contributed by atoms with Crippen LogP contribution < -0.4 is 22.5 Å². The number of benzene rings is 2. The van der Waals surface area contributed by atoms with E-state index in [1.54, 1.807) is 7.11 Å². The minimum absolute atomic E-state index is 0. The molecule has 0 spiro atoms. The van der Waals surface area contributed by atoms with Crippen LogP contribution in [-0.4, -0.2) is 7.11 Å². The van der Waals surface area contributed by atoms with Gasteiger partial charge in [-0.3, -0.25) is 0 Å². The molecule has 1 N–H and O–H groups in total. The van der Waals surface area contributed by atoms with Gasteiger partial charge >= 0.3 is 0 Å². The summed E-state index contributed by atoms with van der Waals surface area (Å²) >= 11 is 0. The SMILES string of the molecule is COc1ccccc1-c1ccccc1.N#[NH+].[Cl-]. The summed E-state index contributed by atoms with van der Waals surface area (Å²) in [6.45, 7) is 0. The highest BCUT2D eigenvalue weighted by Crippen LogP contribution is 2.28. The number of hydrogen-bond acceptors (Lipinski definition) is 2. The largest absolute Gasteiger partial charge is 1.00 e. The Bertz CT molecular complexity index is 457. The summed E-state index contributed by atoms with van der Waals surface area (Å²) in [5.74, 6) is 0.915. The smallest absolute Gasteiger partial charge is 0.212 e. The maximum absolute atomic E-state index is 6.25. The predicted molar refractivity (Wildman–Crippen MR) is 61.1 cm³/mol. The number of para-hydroxylation sites is 1. The second-order valence-corrected chi connectivity index (χ2v) is 3.07. The number of diazo groups is 1. The van der Waals surface area contributed by atoms with E-state index < -0.39 is 0 Å². The maximum Gasteiger partial charge on any atom is 0.212 e. The van der Waals surface area contributed by atoms with E-state index in [0.717, 1.165) is 11.3 Å². The molecule has 17 heavy (non-hydrogen) atoms. The zero-order chi connectivity index (χ0) is 11.8. The molecule has 0 saturated carbocycles. The van der Waals surface area contributed by atoms with Crippen LogP contribution in [0.15, 0.2) is 54.6 Å². The fourth-order valence-corrected chi connectivity index (χ4v) is 1.50. The second kappa shape index (κ2) is 8.14. The maximum atomic E-state index is 6.25. The van der Waals surface area contributed by atoms with E-state index in [2.05, 4.69) is 18.2 Å². The molecule has 0 amide bonds. The molecule has 2 rings (SSSR count). The average molecular weight is 249 g/mol. The highest BCUT2D eigenvalue weighted by molar-refractivity contribution is 5.70. The Labute approximate surface area is 107 Å². The van der Waals surface area contributed by atoms with Gasteiger partial charge in [0, 0.05) is 5.56 Å². The highest BCUT2D eigenvalue weighted by atomic mass is 35.5. The van der Waals surface area contributed by atoms with Crippen LogP contribution >= 0.6 is 0 Å². The van der Waals surface area contributed by atoms with Crippen molar-refractivity contribution in [1.82, 2.24) is 0 Å². The lowest BCUT2D eigenvalue weighted by Crippen LogP contribution is -3.00.